The molecule has 6 heteroatoms. The van der Waals surface area contributed by atoms with Crippen LogP contribution in [0.3, 0.4) is 0 Å². The molecule has 1 aliphatic rings. The summed E-state index contributed by atoms with van der Waals surface area (Å²) in [7, 11) is 3.45. The van der Waals surface area contributed by atoms with E-state index >= 15 is 0 Å². The van der Waals surface area contributed by atoms with Crippen molar-refractivity contribution in [3.05, 3.63) is 28.3 Å². The molecule has 0 saturated heterocycles. The number of carbonyl (C=O) groups is 2. The second kappa shape index (κ2) is 10.7. The molecule has 5 nitrogen and oxygen atoms in total. The molecule has 0 radical (unpaired) electrons. The molecule has 0 saturated carbocycles. The molecule has 1 atom stereocenters. The van der Waals surface area contributed by atoms with Gasteiger partial charge < -0.3 is 15.0 Å². The van der Waals surface area contributed by atoms with Gasteiger partial charge in [-0.15, -0.1) is 11.3 Å². The van der Waals surface area contributed by atoms with Gasteiger partial charge in [0.05, 0.1) is 19.4 Å². The Labute approximate surface area is 184 Å². The van der Waals surface area contributed by atoms with Crippen molar-refractivity contribution in [2.75, 3.05) is 19.5 Å². The number of methoxy groups -OCH3 is 1. The number of hydrogen-bond donors (Lipinski definition) is 1. The van der Waals surface area contributed by atoms with Gasteiger partial charge in [0.2, 0.25) is 11.8 Å². The maximum absolute atomic E-state index is 12.7. The molecule has 1 unspecified atom stereocenters. The molecule has 0 bridgehead atoms. The zero-order valence-electron chi connectivity index (χ0n) is 19.1. The fourth-order valence-electron chi connectivity index (χ4n) is 3.57. The average Bonchev–Trinajstić information content (AvgIpc) is 3.49. The van der Waals surface area contributed by atoms with Gasteiger partial charge >= 0.3 is 0 Å². The third-order valence-corrected chi connectivity index (χ3v) is 6.63. The fourth-order valence-corrected chi connectivity index (χ4v) is 4.88. The number of anilines is 1. The quantitative estimate of drug-likeness (QED) is 0.372. The van der Waals surface area contributed by atoms with Crippen molar-refractivity contribution in [1.29, 1.82) is 0 Å². The molecule has 30 heavy (non-hydrogen) atoms. The Morgan fingerprint density at radius 3 is 2.53 bits per heavy atom. The van der Waals surface area contributed by atoms with Crippen molar-refractivity contribution in [2.45, 2.75) is 65.8 Å². The number of hydrogen-bond acceptors (Lipinski definition) is 4. The molecule has 2 rings (SSSR count). The zero-order chi connectivity index (χ0) is 22.4. The van der Waals surface area contributed by atoms with Crippen molar-refractivity contribution < 1.29 is 14.3 Å². The predicted octanol–water partition coefficient (Wildman–Crippen LogP) is 5.07. The minimum atomic E-state index is -0.0136. The number of rotatable bonds is 12. The first-order valence-electron chi connectivity index (χ1n) is 10.6. The Balaban J connectivity index is 2.07. The van der Waals surface area contributed by atoms with E-state index in [1.54, 1.807) is 23.3 Å². The number of ether oxygens (including phenoxy) is 1. The fraction of sp³-hybridized carbons (Fsp3) is 0.583. The molecule has 1 heterocycles. The molecule has 2 amide bonds. The Morgan fingerprint density at radius 1 is 1.33 bits per heavy atom. The summed E-state index contributed by atoms with van der Waals surface area (Å²) in [6, 6.07) is 0. The van der Waals surface area contributed by atoms with Gasteiger partial charge in [-0.05, 0) is 31.2 Å². The largest absolute Gasteiger partial charge is 0.501 e. The number of thiophene rings is 1. The van der Waals surface area contributed by atoms with Gasteiger partial charge in [0.15, 0.2) is 0 Å². The lowest BCUT2D eigenvalue weighted by Crippen LogP contribution is -2.24. The van der Waals surface area contributed by atoms with Gasteiger partial charge in [-0.3, -0.25) is 9.59 Å². The van der Waals surface area contributed by atoms with Crippen LogP contribution < -0.4 is 5.32 Å². The summed E-state index contributed by atoms with van der Waals surface area (Å²) in [4.78, 5) is 27.5. The minimum absolute atomic E-state index is 0.0136. The Morgan fingerprint density at radius 2 is 2.00 bits per heavy atom. The molecular weight excluding hydrogens is 396 g/mol. The van der Waals surface area contributed by atoms with Crippen molar-refractivity contribution in [1.82, 2.24) is 4.90 Å². The van der Waals surface area contributed by atoms with Crippen molar-refractivity contribution >= 4 is 28.2 Å². The molecule has 0 aliphatic heterocycles. The van der Waals surface area contributed by atoms with Gasteiger partial charge in [0, 0.05) is 36.2 Å². The average molecular weight is 431 g/mol. The van der Waals surface area contributed by atoms with Gasteiger partial charge in [-0.2, -0.15) is 0 Å². The maximum atomic E-state index is 12.7. The van der Waals surface area contributed by atoms with Crippen LogP contribution in [0.5, 0.6) is 0 Å². The van der Waals surface area contributed by atoms with Gasteiger partial charge in [0.1, 0.15) is 10.9 Å². The molecule has 0 spiro atoms. The van der Waals surface area contributed by atoms with Crippen LogP contribution in [0.2, 0.25) is 0 Å². The normalized spacial score (nSPS) is 13.4. The summed E-state index contributed by atoms with van der Waals surface area (Å²) in [5.41, 5.74) is 2.17. The number of carbonyl (C=O) groups excluding carboxylic acids is 2. The van der Waals surface area contributed by atoms with E-state index in [-0.39, 0.29) is 23.7 Å². The van der Waals surface area contributed by atoms with E-state index < -0.39 is 0 Å². The van der Waals surface area contributed by atoms with Crippen LogP contribution in [0.25, 0.3) is 0 Å². The molecule has 1 aromatic heterocycles. The van der Waals surface area contributed by atoms with Crippen LogP contribution in [0, 0.1) is 30.6 Å². The van der Waals surface area contributed by atoms with E-state index in [0.29, 0.717) is 31.7 Å². The van der Waals surface area contributed by atoms with Crippen molar-refractivity contribution in [3.63, 3.8) is 0 Å². The Bertz CT molecular complexity index is 852. The summed E-state index contributed by atoms with van der Waals surface area (Å²) in [5, 5.41) is 3.95. The van der Waals surface area contributed by atoms with Gasteiger partial charge in [-0.25, -0.2) is 0 Å². The molecule has 0 aromatic carbocycles. The zero-order valence-corrected chi connectivity index (χ0v) is 19.9. The van der Waals surface area contributed by atoms with E-state index in [9.17, 15) is 9.59 Å². The Hall–Kier alpha value is -2.26. The highest BCUT2D eigenvalue weighted by Gasteiger charge is 2.27. The lowest BCUT2D eigenvalue weighted by molar-refractivity contribution is -0.130. The lowest BCUT2D eigenvalue weighted by atomic mass is 9.91. The summed E-state index contributed by atoms with van der Waals surface area (Å²) < 4.78 is 5.33. The standard InChI is InChI=1S/C24H34N2O3S/c1-8-22(28)26(6)14-20-16(4)23(18-9-10-18)24(30-20)25-21(27)12-11-19(13-15(2)3)17(5)29-7/h15,18-19H,5,8,11-14H2,1-4,6-7H3,(H,25,27). The lowest BCUT2D eigenvalue weighted by Gasteiger charge is -2.20. The third kappa shape index (κ3) is 6.37. The van der Waals surface area contributed by atoms with E-state index in [1.165, 1.54) is 0 Å². The van der Waals surface area contributed by atoms with Crippen LogP contribution in [0.4, 0.5) is 5.00 Å². The van der Waals surface area contributed by atoms with Crippen LogP contribution in [-0.4, -0.2) is 30.9 Å². The predicted molar refractivity (Wildman–Crippen MR) is 123 cm³/mol. The molecule has 1 aliphatic carbocycles. The number of amides is 2. The first-order valence-corrected chi connectivity index (χ1v) is 11.4. The van der Waals surface area contributed by atoms with Gasteiger partial charge in [-0.1, -0.05) is 39.2 Å². The minimum Gasteiger partial charge on any atom is -0.501 e. The third-order valence-electron chi connectivity index (χ3n) is 5.42. The highest BCUT2D eigenvalue weighted by atomic mass is 32.1. The van der Waals surface area contributed by atoms with Crippen LogP contribution in [-0.2, 0) is 20.9 Å². The van der Waals surface area contributed by atoms with Gasteiger partial charge in [0.25, 0.3) is 0 Å². The molecule has 164 valence electrons. The van der Waals surface area contributed by atoms with E-state index in [2.05, 4.69) is 37.6 Å². The smallest absolute Gasteiger partial charge is 0.225 e. The Kier molecular flexibility index (Phi) is 8.54. The van der Waals surface area contributed by atoms with E-state index in [4.69, 9.17) is 4.74 Å². The molecular formula is C24H34N2O3S. The summed E-state index contributed by atoms with van der Waals surface area (Å²) in [6.45, 7) is 12.8. The van der Waals surface area contributed by atoms with Crippen molar-refractivity contribution in [3.8, 4) is 11.8 Å². The summed E-state index contributed by atoms with van der Waals surface area (Å²) in [6.07, 6.45) is 2.54. The summed E-state index contributed by atoms with van der Waals surface area (Å²) in [5.74, 6) is 7.74. The second-order valence-electron chi connectivity index (χ2n) is 8.30. The first-order chi connectivity index (χ1) is 14.2. The number of nitrogens with zero attached hydrogens (tertiary/aromatic N) is 1. The SMILES string of the molecule is C=C(OC)C(CCC(=O)Nc1sc(CN(C)C(=O)CC)c(C)c1C1C#C1)CC(C)C. The maximum Gasteiger partial charge on any atom is 0.225 e. The molecule has 1 N–H and O–H groups in total. The number of allylic oxidation sites excluding steroid dienone is 1. The summed E-state index contributed by atoms with van der Waals surface area (Å²) >= 11 is 1.55. The molecule has 1 aromatic rings. The number of nitrogens with one attached hydrogen (secondary N) is 1. The topological polar surface area (TPSA) is 58.6 Å². The monoisotopic (exact) mass is 430 g/mol. The molecule has 0 fully saturated rings. The first kappa shape index (κ1) is 24.0. The van der Waals surface area contributed by atoms with Crippen molar-refractivity contribution in [2.24, 2.45) is 11.8 Å². The second-order valence-corrected chi connectivity index (χ2v) is 9.41. The van der Waals surface area contributed by atoms with Crippen LogP contribution >= 0.6 is 11.3 Å². The van der Waals surface area contributed by atoms with Crippen LogP contribution in [0.1, 0.15) is 68.4 Å². The van der Waals surface area contributed by atoms with E-state index in [0.717, 1.165) is 33.2 Å². The van der Waals surface area contributed by atoms with Crippen LogP contribution in [0.15, 0.2) is 12.3 Å². The highest BCUT2D eigenvalue weighted by Crippen LogP contribution is 2.41. The van der Waals surface area contributed by atoms with E-state index in [1.807, 2.05) is 20.9 Å². The highest BCUT2D eigenvalue weighted by molar-refractivity contribution is 7.16.